The van der Waals surface area contributed by atoms with E-state index in [1.54, 1.807) is 42.5 Å². The van der Waals surface area contributed by atoms with E-state index in [9.17, 15) is 14.9 Å². The lowest BCUT2D eigenvalue weighted by atomic mass is 9.87. The van der Waals surface area contributed by atoms with Crippen molar-refractivity contribution in [2.75, 3.05) is 25.3 Å². The van der Waals surface area contributed by atoms with Crippen LogP contribution in [0.25, 0.3) is 0 Å². The quantitative estimate of drug-likeness (QED) is 0.650. The summed E-state index contributed by atoms with van der Waals surface area (Å²) >= 11 is 7.04. The number of benzene rings is 2. The molecule has 0 radical (unpaired) electrons. The van der Waals surface area contributed by atoms with Crippen LogP contribution in [0, 0.1) is 11.3 Å². The van der Waals surface area contributed by atoms with Crippen molar-refractivity contribution in [2.45, 2.75) is 12.3 Å². The van der Waals surface area contributed by atoms with E-state index >= 15 is 0 Å². The van der Waals surface area contributed by atoms with Crippen molar-refractivity contribution >= 4 is 40.9 Å². The Balaban J connectivity index is 1.80. The second-order valence-electron chi connectivity index (χ2n) is 6.62. The summed E-state index contributed by atoms with van der Waals surface area (Å²) in [5.74, 6) is 0.138. The molecule has 0 saturated heterocycles. The first kappa shape index (κ1) is 22.5. The van der Waals surface area contributed by atoms with E-state index in [1.807, 2.05) is 0 Å². The molecule has 0 aromatic heterocycles. The summed E-state index contributed by atoms with van der Waals surface area (Å²) in [6, 6.07) is 14.3. The Morgan fingerprint density at radius 3 is 2.71 bits per heavy atom. The van der Waals surface area contributed by atoms with E-state index in [-0.39, 0.29) is 24.0 Å². The zero-order valence-corrected chi connectivity index (χ0v) is 18.5. The van der Waals surface area contributed by atoms with Gasteiger partial charge in [-0.1, -0.05) is 35.5 Å². The Hall–Kier alpha value is -3.15. The van der Waals surface area contributed by atoms with Gasteiger partial charge in [-0.05, 0) is 35.9 Å². The molecule has 0 unspecified atom stereocenters. The van der Waals surface area contributed by atoms with Gasteiger partial charge in [0.25, 0.3) is 0 Å². The first-order valence-corrected chi connectivity index (χ1v) is 10.7. The van der Waals surface area contributed by atoms with Gasteiger partial charge < -0.3 is 20.1 Å². The molecule has 0 spiro atoms. The lowest BCUT2D eigenvalue weighted by Crippen LogP contribution is -2.31. The Morgan fingerprint density at radius 1 is 1.26 bits per heavy atom. The van der Waals surface area contributed by atoms with E-state index in [1.165, 1.54) is 14.2 Å². The fourth-order valence-electron chi connectivity index (χ4n) is 3.19. The molecular weight excluding hydrogens is 438 g/mol. The predicted octanol–water partition coefficient (Wildman–Crippen LogP) is 4.07. The molecule has 1 atom stereocenters. The summed E-state index contributed by atoms with van der Waals surface area (Å²) in [6.07, 6.45) is 0.122. The van der Waals surface area contributed by atoms with Crippen molar-refractivity contribution in [1.29, 1.82) is 5.26 Å². The third kappa shape index (κ3) is 5.51. The number of amides is 2. The average molecular weight is 458 g/mol. The van der Waals surface area contributed by atoms with Gasteiger partial charge in [-0.2, -0.15) is 5.26 Å². The summed E-state index contributed by atoms with van der Waals surface area (Å²) in [5.41, 5.74) is 1.72. The van der Waals surface area contributed by atoms with Crippen molar-refractivity contribution in [3.8, 4) is 17.6 Å². The number of allylic oxidation sites excluding steroid dienone is 1. The smallest absolute Gasteiger partial charge is 0.234 e. The molecule has 1 heterocycles. The topological polar surface area (TPSA) is 100 Å². The molecular formula is C22H20ClN3O4S. The number of hydrogen-bond donors (Lipinski definition) is 2. The summed E-state index contributed by atoms with van der Waals surface area (Å²) in [6.45, 7) is 0. The van der Waals surface area contributed by atoms with Crippen LogP contribution in [0.15, 0.2) is 53.1 Å². The van der Waals surface area contributed by atoms with Crippen LogP contribution in [-0.2, 0) is 9.59 Å². The summed E-state index contributed by atoms with van der Waals surface area (Å²) in [4.78, 5) is 24.7. The minimum atomic E-state index is -0.447. The molecule has 0 aliphatic carbocycles. The van der Waals surface area contributed by atoms with Gasteiger partial charge in [0.05, 0.1) is 36.6 Å². The minimum Gasteiger partial charge on any atom is -0.493 e. The largest absolute Gasteiger partial charge is 0.493 e. The Morgan fingerprint density at radius 2 is 2.03 bits per heavy atom. The zero-order valence-electron chi connectivity index (χ0n) is 16.9. The van der Waals surface area contributed by atoms with E-state index in [0.717, 1.165) is 17.3 Å². The van der Waals surface area contributed by atoms with E-state index in [4.69, 9.17) is 21.1 Å². The highest BCUT2D eigenvalue weighted by Crippen LogP contribution is 2.39. The maximum absolute atomic E-state index is 12.3. The van der Waals surface area contributed by atoms with Gasteiger partial charge >= 0.3 is 0 Å². The molecule has 7 nitrogen and oxygen atoms in total. The molecule has 2 N–H and O–H groups in total. The number of ether oxygens (including phenoxy) is 2. The van der Waals surface area contributed by atoms with Gasteiger partial charge in [-0.25, -0.2) is 0 Å². The molecule has 3 rings (SSSR count). The highest BCUT2D eigenvalue weighted by atomic mass is 35.5. The molecule has 31 heavy (non-hydrogen) atoms. The Bertz CT molecular complexity index is 1080. The molecule has 2 aromatic rings. The molecule has 1 aliphatic rings. The van der Waals surface area contributed by atoms with Gasteiger partial charge in [-0.3, -0.25) is 9.59 Å². The van der Waals surface area contributed by atoms with Gasteiger partial charge in [0, 0.05) is 23.0 Å². The Labute approximate surface area is 189 Å². The molecule has 1 aliphatic heterocycles. The number of nitrogens with zero attached hydrogens (tertiary/aromatic N) is 1. The second kappa shape index (κ2) is 10.2. The lowest BCUT2D eigenvalue weighted by molar-refractivity contribution is -0.121. The van der Waals surface area contributed by atoms with Crippen molar-refractivity contribution in [1.82, 2.24) is 5.32 Å². The fourth-order valence-corrected chi connectivity index (χ4v) is 4.26. The monoisotopic (exact) mass is 457 g/mol. The maximum atomic E-state index is 12.3. The first-order valence-electron chi connectivity index (χ1n) is 9.29. The van der Waals surface area contributed by atoms with Crippen molar-refractivity contribution in [2.24, 2.45) is 0 Å². The average Bonchev–Trinajstić information content (AvgIpc) is 2.76. The molecule has 0 saturated carbocycles. The van der Waals surface area contributed by atoms with Crippen LogP contribution in [0.5, 0.6) is 11.5 Å². The number of nitriles is 1. The highest BCUT2D eigenvalue weighted by Gasteiger charge is 2.30. The number of carbonyl (C=O) groups excluding carboxylic acids is 2. The molecule has 160 valence electrons. The SMILES string of the molecule is COc1ccc([C@H]2CC(=O)NC(SCC(=O)Nc3cccc(Cl)c3)=C2C#N)cc1OC. The number of hydrogen-bond acceptors (Lipinski definition) is 6. The normalized spacial score (nSPS) is 15.7. The van der Waals surface area contributed by atoms with Gasteiger partial charge in [0.15, 0.2) is 11.5 Å². The standard InChI is InChI=1S/C22H20ClN3O4S/c1-29-18-7-6-13(8-19(18)30-2)16-10-20(27)26-22(17(16)11-24)31-12-21(28)25-15-5-3-4-14(23)9-15/h3-9,16H,10,12H2,1-2H3,(H,25,28)(H,26,27)/t16-/m1/s1. The molecule has 9 heteroatoms. The van der Waals surface area contributed by atoms with Gasteiger partial charge in [0.2, 0.25) is 11.8 Å². The van der Waals surface area contributed by atoms with Crippen LogP contribution >= 0.6 is 23.4 Å². The van der Waals surface area contributed by atoms with Crippen LogP contribution < -0.4 is 20.1 Å². The summed E-state index contributed by atoms with van der Waals surface area (Å²) in [7, 11) is 3.06. The number of rotatable bonds is 7. The van der Waals surface area contributed by atoms with Crippen LogP contribution in [0.2, 0.25) is 5.02 Å². The third-order valence-electron chi connectivity index (χ3n) is 4.62. The van der Waals surface area contributed by atoms with Crippen LogP contribution in [-0.4, -0.2) is 31.8 Å². The zero-order chi connectivity index (χ0) is 22.4. The molecule has 0 bridgehead atoms. The second-order valence-corrected chi connectivity index (χ2v) is 8.04. The summed E-state index contributed by atoms with van der Waals surface area (Å²) < 4.78 is 10.6. The predicted molar refractivity (Wildman–Crippen MR) is 120 cm³/mol. The number of nitrogens with one attached hydrogen (secondary N) is 2. The molecule has 0 fully saturated rings. The number of methoxy groups -OCH3 is 2. The van der Waals surface area contributed by atoms with E-state index < -0.39 is 5.92 Å². The molecule has 2 amide bonds. The van der Waals surface area contributed by atoms with Gasteiger partial charge in [0.1, 0.15) is 0 Å². The van der Waals surface area contributed by atoms with Crippen LogP contribution in [0.1, 0.15) is 17.9 Å². The summed E-state index contributed by atoms with van der Waals surface area (Å²) in [5, 5.41) is 16.1. The van der Waals surface area contributed by atoms with E-state index in [2.05, 4.69) is 16.7 Å². The van der Waals surface area contributed by atoms with Crippen molar-refractivity contribution in [3.63, 3.8) is 0 Å². The lowest BCUT2D eigenvalue weighted by Gasteiger charge is -2.25. The number of carbonyl (C=O) groups is 2. The highest BCUT2D eigenvalue weighted by molar-refractivity contribution is 8.03. The van der Waals surface area contributed by atoms with Crippen molar-refractivity contribution in [3.05, 3.63) is 63.7 Å². The van der Waals surface area contributed by atoms with Crippen LogP contribution in [0.3, 0.4) is 0 Å². The van der Waals surface area contributed by atoms with Gasteiger partial charge in [-0.15, -0.1) is 0 Å². The number of anilines is 1. The minimum absolute atomic E-state index is 0.0198. The number of halogens is 1. The van der Waals surface area contributed by atoms with Crippen molar-refractivity contribution < 1.29 is 19.1 Å². The Kier molecular flexibility index (Phi) is 7.45. The maximum Gasteiger partial charge on any atom is 0.234 e. The fraction of sp³-hybridized carbons (Fsp3) is 0.227. The molecule has 2 aromatic carbocycles. The van der Waals surface area contributed by atoms with Crippen LogP contribution in [0.4, 0.5) is 5.69 Å². The third-order valence-corrected chi connectivity index (χ3v) is 5.87. The first-order chi connectivity index (χ1) is 14.9. The van der Waals surface area contributed by atoms with E-state index in [0.29, 0.717) is 32.8 Å². The number of thioether (sulfide) groups is 1.